The van der Waals surface area contributed by atoms with Crippen LogP contribution in [0, 0.1) is 0 Å². The number of carbonyl (C=O) groups is 1. The smallest absolute Gasteiger partial charge is 0.250 e. The Balaban J connectivity index is 1.48. The molecular weight excluding hydrogens is 447 g/mol. The summed E-state index contributed by atoms with van der Waals surface area (Å²) < 4.78 is 27.6. The van der Waals surface area contributed by atoms with Gasteiger partial charge in [-0.25, -0.2) is 13.1 Å². The maximum absolute atomic E-state index is 12.4. The van der Waals surface area contributed by atoms with Crippen LogP contribution in [0.4, 0.5) is 0 Å². The average Bonchev–Trinajstić information content (AvgIpc) is 3.18. The summed E-state index contributed by atoms with van der Waals surface area (Å²) >= 11 is 14.6. The quantitative estimate of drug-likeness (QED) is 0.652. The van der Waals surface area contributed by atoms with Crippen LogP contribution in [-0.4, -0.2) is 44.1 Å². The van der Waals surface area contributed by atoms with E-state index in [-0.39, 0.29) is 17.7 Å². The molecule has 1 aromatic heterocycles. The lowest BCUT2D eigenvalue weighted by Gasteiger charge is -2.32. The molecule has 2 heterocycles. The van der Waals surface area contributed by atoms with E-state index in [1.807, 2.05) is 0 Å². The van der Waals surface area contributed by atoms with Gasteiger partial charge in [-0.05, 0) is 42.5 Å². The van der Waals surface area contributed by atoms with Gasteiger partial charge in [-0.1, -0.05) is 29.3 Å². The van der Waals surface area contributed by atoms with Crippen molar-refractivity contribution < 1.29 is 13.2 Å². The van der Waals surface area contributed by atoms with Crippen LogP contribution < -0.4 is 4.72 Å². The minimum absolute atomic E-state index is 0.00982. The van der Waals surface area contributed by atoms with Gasteiger partial charge in [0, 0.05) is 29.0 Å². The minimum atomic E-state index is -3.48. The van der Waals surface area contributed by atoms with E-state index in [9.17, 15) is 13.2 Å². The number of hydrogen-bond acceptors (Lipinski definition) is 5. The highest BCUT2D eigenvalue weighted by atomic mass is 35.5. The number of thioether (sulfide) groups is 1. The zero-order chi connectivity index (χ0) is 19.4. The highest BCUT2D eigenvalue weighted by Crippen LogP contribution is 2.30. The molecule has 10 heteroatoms. The Kier molecular flexibility index (Phi) is 7.10. The number of amides is 1. The summed E-state index contributed by atoms with van der Waals surface area (Å²) in [5.41, 5.74) is 0. The molecule has 5 nitrogen and oxygen atoms in total. The van der Waals surface area contributed by atoms with E-state index in [0.717, 1.165) is 4.90 Å². The number of halogens is 2. The molecule has 0 saturated carbocycles. The number of nitrogens with one attached hydrogen (secondary N) is 1. The third-order valence-electron chi connectivity index (χ3n) is 4.17. The molecule has 1 fully saturated rings. The molecule has 1 saturated heterocycles. The number of hydrogen-bond donors (Lipinski definition) is 1. The second-order valence-corrected chi connectivity index (χ2v) is 10.8. The number of carbonyl (C=O) groups excluding carboxylic acids is 1. The largest absolute Gasteiger partial charge is 0.342 e. The van der Waals surface area contributed by atoms with E-state index >= 15 is 0 Å². The number of thiophene rings is 1. The Labute approximate surface area is 177 Å². The van der Waals surface area contributed by atoms with E-state index < -0.39 is 10.0 Å². The van der Waals surface area contributed by atoms with Crippen LogP contribution in [0.15, 0.2) is 44.8 Å². The van der Waals surface area contributed by atoms with Crippen LogP contribution in [0.1, 0.15) is 12.8 Å². The van der Waals surface area contributed by atoms with Crippen molar-refractivity contribution in [3.05, 3.63) is 45.8 Å². The molecule has 1 aliphatic rings. The van der Waals surface area contributed by atoms with Crippen molar-refractivity contribution in [1.82, 2.24) is 9.62 Å². The van der Waals surface area contributed by atoms with Gasteiger partial charge >= 0.3 is 0 Å². The number of nitrogens with zero attached hydrogens (tertiary/aromatic N) is 1. The van der Waals surface area contributed by atoms with Crippen molar-refractivity contribution in [2.45, 2.75) is 28.0 Å². The number of piperidine rings is 1. The first-order valence-electron chi connectivity index (χ1n) is 8.26. The van der Waals surface area contributed by atoms with E-state index in [2.05, 4.69) is 4.72 Å². The lowest BCUT2D eigenvalue weighted by Crippen LogP contribution is -2.46. The van der Waals surface area contributed by atoms with Crippen LogP contribution >= 0.6 is 46.3 Å². The van der Waals surface area contributed by atoms with Crippen molar-refractivity contribution in [2.24, 2.45) is 0 Å². The number of rotatable bonds is 6. The highest BCUT2D eigenvalue weighted by molar-refractivity contribution is 8.00. The molecule has 0 bridgehead atoms. The zero-order valence-corrected chi connectivity index (χ0v) is 18.2. The van der Waals surface area contributed by atoms with Gasteiger partial charge in [0.25, 0.3) is 0 Å². The van der Waals surface area contributed by atoms with Crippen LogP contribution in [0.5, 0.6) is 0 Å². The van der Waals surface area contributed by atoms with Gasteiger partial charge in [0.05, 0.1) is 10.8 Å². The number of sulfonamides is 1. The standard InChI is InChI=1S/C17H18Cl2N2O3S3/c18-12-3-4-14(19)15(10-12)26-11-16(22)21-7-5-13(6-8-21)20-27(23,24)17-2-1-9-25-17/h1-4,9-10,13,20H,5-8,11H2. The first kappa shape index (κ1) is 21.0. The molecule has 1 N–H and O–H groups in total. The van der Waals surface area contributed by atoms with Gasteiger partial charge in [-0.2, -0.15) is 0 Å². The maximum atomic E-state index is 12.4. The van der Waals surface area contributed by atoms with Gasteiger partial charge in [-0.3, -0.25) is 4.79 Å². The molecular formula is C17H18Cl2N2O3S3. The van der Waals surface area contributed by atoms with Gasteiger partial charge in [-0.15, -0.1) is 23.1 Å². The summed E-state index contributed by atoms with van der Waals surface area (Å²) in [7, 11) is -3.48. The van der Waals surface area contributed by atoms with Crippen molar-refractivity contribution >= 4 is 62.2 Å². The molecule has 3 rings (SSSR count). The Morgan fingerprint density at radius 1 is 1.26 bits per heavy atom. The van der Waals surface area contributed by atoms with Crippen LogP contribution in [0.3, 0.4) is 0 Å². The summed E-state index contributed by atoms with van der Waals surface area (Å²) in [6, 6.07) is 8.30. The molecule has 0 atom stereocenters. The number of benzene rings is 1. The van der Waals surface area contributed by atoms with E-state index in [1.165, 1.54) is 23.1 Å². The summed E-state index contributed by atoms with van der Waals surface area (Å²) in [6.07, 6.45) is 1.19. The van der Waals surface area contributed by atoms with Crippen LogP contribution in [0.25, 0.3) is 0 Å². The molecule has 2 aromatic rings. The summed E-state index contributed by atoms with van der Waals surface area (Å²) in [5, 5.41) is 2.88. The van der Waals surface area contributed by atoms with Gasteiger partial charge in [0.2, 0.25) is 15.9 Å². The fourth-order valence-electron chi connectivity index (χ4n) is 2.76. The SMILES string of the molecule is O=C(CSc1cc(Cl)ccc1Cl)N1CCC(NS(=O)(=O)c2cccs2)CC1. The third kappa shape index (κ3) is 5.62. The second-order valence-electron chi connectivity index (χ2n) is 6.07. The Morgan fingerprint density at radius 3 is 2.67 bits per heavy atom. The van der Waals surface area contributed by atoms with Crippen molar-refractivity contribution in [3.8, 4) is 0 Å². The van der Waals surface area contributed by atoms with E-state index in [0.29, 0.717) is 40.2 Å². The van der Waals surface area contributed by atoms with Crippen molar-refractivity contribution in [2.75, 3.05) is 18.8 Å². The molecule has 0 radical (unpaired) electrons. The predicted molar refractivity (Wildman–Crippen MR) is 111 cm³/mol. The lowest BCUT2D eigenvalue weighted by atomic mass is 10.1. The lowest BCUT2D eigenvalue weighted by molar-refractivity contribution is -0.129. The van der Waals surface area contributed by atoms with E-state index in [4.69, 9.17) is 23.2 Å². The molecule has 0 spiro atoms. The molecule has 146 valence electrons. The second kappa shape index (κ2) is 9.15. The van der Waals surface area contributed by atoms with Crippen LogP contribution in [0.2, 0.25) is 10.0 Å². The molecule has 27 heavy (non-hydrogen) atoms. The topological polar surface area (TPSA) is 66.5 Å². The normalized spacial score (nSPS) is 15.9. The first-order chi connectivity index (χ1) is 12.8. The van der Waals surface area contributed by atoms with E-state index in [1.54, 1.807) is 40.6 Å². The Hall–Kier alpha value is -0.770. The first-order valence-corrected chi connectivity index (χ1v) is 12.4. The number of likely N-dealkylation sites (tertiary alicyclic amines) is 1. The summed E-state index contributed by atoms with van der Waals surface area (Å²) in [6.45, 7) is 1.06. The van der Waals surface area contributed by atoms with Gasteiger partial charge in [0.15, 0.2) is 0 Å². The molecule has 1 aliphatic heterocycles. The molecule has 1 amide bonds. The Morgan fingerprint density at radius 2 is 2.00 bits per heavy atom. The van der Waals surface area contributed by atoms with Crippen LogP contribution in [-0.2, 0) is 14.8 Å². The molecule has 0 aliphatic carbocycles. The maximum Gasteiger partial charge on any atom is 0.250 e. The Bertz CT molecular complexity index is 896. The summed E-state index contributed by atoms with van der Waals surface area (Å²) in [5.74, 6) is 0.279. The fourth-order valence-corrected chi connectivity index (χ4v) is 6.47. The van der Waals surface area contributed by atoms with Crippen molar-refractivity contribution in [1.29, 1.82) is 0 Å². The molecule has 0 unspecified atom stereocenters. The summed E-state index contributed by atoms with van der Waals surface area (Å²) in [4.78, 5) is 15.0. The third-order valence-corrected chi connectivity index (χ3v) is 8.81. The fraction of sp³-hybridized carbons (Fsp3) is 0.353. The predicted octanol–water partition coefficient (Wildman–Crippen LogP) is 4.12. The van der Waals surface area contributed by atoms with Gasteiger partial charge < -0.3 is 4.90 Å². The minimum Gasteiger partial charge on any atom is -0.342 e. The monoisotopic (exact) mass is 464 g/mol. The molecule has 1 aromatic carbocycles. The van der Waals surface area contributed by atoms with Crippen molar-refractivity contribution in [3.63, 3.8) is 0 Å². The average molecular weight is 465 g/mol. The highest BCUT2D eigenvalue weighted by Gasteiger charge is 2.27. The zero-order valence-electron chi connectivity index (χ0n) is 14.2. The van der Waals surface area contributed by atoms with Gasteiger partial charge in [0.1, 0.15) is 4.21 Å².